The Hall–Kier alpha value is -1.22. The maximum atomic E-state index is 12.8. The van der Waals surface area contributed by atoms with Gasteiger partial charge in [-0.15, -0.1) is 11.3 Å². The average Bonchev–Trinajstić information content (AvgIpc) is 3.06. The summed E-state index contributed by atoms with van der Waals surface area (Å²) >= 11 is 5.03. The Labute approximate surface area is 166 Å². The minimum Gasteiger partial charge on any atom is -0.340 e. The normalized spacial score (nSPS) is 18.6. The fraction of sp³-hybridized carbons (Fsp3) is 0.389. The van der Waals surface area contributed by atoms with Gasteiger partial charge in [0.1, 0.15) is 0 Å². The van der Waals surface area contributed by atoms with Crippen molar-refractivity contribution in [2.24, 2.45) is 5.92 Å². The van der Waals surface area contributed by atoms with Crippen LogP contribution in [0.1, 0.15) is 17.7 Å². The Morgan fingerprint density at radius 3 is 2.65 bits per heavy atom. The van der Waals surface area contributed by atoms with Gasteiger partial charge in [0.2, 0.25) is 15.9 Å². The molecule has 1 saturated heterocycles. The van der Waals surface area contributed by atoms with Gasteiger partial charge in [0, 0.05) is 25.0 Å². The second-order valence-electron chi connectivity index (χ2n) is 6.42. The molecule has 1 atom stereocenters. The molecule has 8 heteroatoms. The lowest BCUT2D eigenvalue weighted by atomic mass is 9.98. The van der Waals surface area contributed by atoms with Crippen LogP contribution in [0.25, 0.3) is 0 Å². The van der Waals surface area contributed by atoms with E-state index < -0.39 is 10.0 Å². The molecule has 1 aliphatic heterocycles. The first kappa shape index (κ1) is 19.5. The van der Waals surface area contributed by atoms with Crippen LogP contribution in [-0.2, 0) is 21.4 Å². The highest BCUT2D eigenvalue weighted by Gasteiger charge is 2.34. The van der Waals surface area contributed by atoms with Crippen LogP contribution in [0.5, 0.6) is 0 Å². The van der Waals surface area contributed by atoms with Crippen molar-refractivity contribution in [3.05, 3.63) is 51.1 Å². The number of benzene rings is 1. The van der Waals surface area contributed by atoms with Gasteiger partial charge < -0.3 is 4.90 Å². The van der Waals surface area contributed by atoms with Gasteiger partial charge in [-0.1, -0.05) is 18.2 Å². The Bertz CT molecular complexity index is 868. The zero-order valence-corrected chi connectivity index (χ0v) is 17.7. The van der Waals surface area contributed by atoms with Crippen LogP contribution < -0.4 is 0 Å². The maximum absolute atomic E-state index is 12.8. The van der Waals surface area contributed by atoms with E-state index in [0.29, 0.717) is 19.5 Å². The van der Waals surface area contributed by atoms with Gasteiger partial charge in [-0.05, 0) is 53.0 Å². The molecule has 140 valence electrons. The standard InChI is InChI=1S/C18H21BrN2O3S2/c1-20(13-15-9-10-17(19)25-15)18(22)14-6-5-11-21(12-14)26(23,24)16-7-3-2-4-8-16/h2-4,7-10,14H,5-6,11-13H2,1H3. The molecule has 5 nitrogen and oxygen atoms in total. The van der Waals surface area contributed by atoms with Crippen LogP contribution >= 0.6 is 27.3 Å². The summed E-state index contributed by atoms with van der Waals surface area (Å²) < 4.78 is 28.1. The van der Waals surface area contributed by atoms with Crippen LogP contribution in [0, 0.1) is 5.92 Å². The molecule has 0 radical (unpaired) electrons. The highest BCUT2D eigenvalue weighted by Crippen LogP contribution is 2.27. The van der Waals surface area contributed by atoms with E-state index in [1.54, 1.807) is 53.6 Å². The number of hydrogen-bond donors (Lipinski definition) is 0. The van der Waals surface area contributed by atoms with E-state index in [1.165, 1.54) is 4.31 Å². The van der Waals surface area contributed by atoms with E-state index in [2.05, 4.69) is 15.9 Å². The molecular weight excluding hydrogens is 436 g/mol. The van der Waals surface area contributed by atoms with E-state index in [9.17, 15) is 13.2 Å². The van der Waals surface area contributed by atoms with Crippen molar-refractivity contribution in [2.45, 2.75) is 24.3 Å². The molecule has 1 aromatic heterocycles. The summed E-state index contributed by atoms with van der Waals surface area (Å²) in [6, 6.07) is 12.4. The lowest BCUT2D eigenvalue weighted by Gasteiger charge is -2.33. The first-order valence-electron chi connectivity index (χ1n) is 8.42. The molecule has 1 unspecified atom stereocenters. The molecule has 1 fully saturated rings. The number of carbonyl (C=O) groups is 1. The van der Waals surface area contributed by atoms with Gasteiger partial charge in [-0.3, -0.25) is 4.79 Å². The molecule has 1 aromatic carbocycles. The van der Waals surface area contributed by atoms with Gasteiger partial charge in [-0.25, -0.2) is 8.42 Å². The van der Waals surface area contributed by atoms with E-state index >= 15 is 0 Å². The SMILES string of the molecule is CN(Cc1ccc(Br)s1)C(=O)C1CCCN(S(=O)(=O)c2ccccc2)C1. The van der Waals surface area contributed by atoms with Crippen LogP contribution in [-0.4, -0.2) is 43.7 Å². The summed E-state index contributed by atoms with van der Waals surface area (Å²) in [5.74, 6) is -0.293. The van der Waals surface area contributed by atoms with Crippen molar-refractivity contribution in [1.82, 2.24) is 9.21 Å². The van der Waals surface area contributed by atoms with Crippen LogP contribution in [0.2, 0.25) is 0 Å². The summed E-state index contributed by atoms with van der Waals surface area (Å²) in [5.41, 5.74) is 0. The topological polar surface area (TPSA) is 57.7 Å². The van der Waals surface area contributed by atoms with Crippen LogP contribution in [0.4, 0.5) is 0 Å². The molecule has 0 bridgehead atoms. The van der Waals surface area contributed by atoms with Gasteiger partial charge >= 0.3 is 0 Å². The number of piperidine rings is 1. The van der Waals surface area contributed by atoms with Crippen molar-refractivity contribution in [3.63, 3.8) is 0 Å². The fourth-order valence-electron chi connectivity index (χ4n) is 3.16. The molecule has 26 heavy (non-hydrogen) atoms. The number of rotatable bonds is 5. The predicted octanol–water partition coefficient (Wildman–Crippen LogP) is 3.57. The van der Waals surface area contributed by atoms with Crippen LogP contribution in [0.3, 0.4) is 0 Å². The third kappa shape index (κ3) is 4.36. The van der Waals surface area contributed by atoms with Crippen molar-refractivity contribution in [1.29, 1.82) is 0 Å². The highest BCUT2D eigenvalue weighted by molar-refractivity contribution is 9.11. The van der Waals surface area contributed by atoms with Crippen molar-refractivity contribution >= 4 is 43.2 Å². The predicted molar refractivity (Wildman–Crippen MR) is 106 cm³/mol. The van der Waals surface area contributed by atoms with E-state index in [4.69, 9.17) is 0 Å². The summed E-state index contributed by atoms with van der Waals surface area (Å²) in [5, 5.41) is 0. The molecule has 1 amide bonds. The van der Waals surface area contributed by atoms with Crippen LogP contribution in [0.15, 0.2) is 51.1 Å². The third-order valence-electron chi connectivity index (χ3n) is 4.51. The Balaban J connectivity index is 1.68. The third-order valence-corrected chi connectivity index (χ3v) is 8.00. The molecule has 0 aliphatic carbocycles. The molecule has 1 aliphatic rings. The Morgan fingerprint density at radius 2 is 2.00 bits per heavy atom. The summed E-state index contributed by atoms with van der Waals surface area (Å²) in [4.78, 5) is 15.9. The number of amides is 1. The second-order valence-corrected chi connectivity index (χ2v) is 10.9. The first-order chi connectivity index (χ1) is 12.4. The van der Waals surface area contributed by atoms with E-state index in [-0.39, 0.29) is 23.3 Å². The summed E-state index contributed by atoms with van der Waals surface area (Å²) in [6.07, 6.45) is 1.42. The average molecular weight is 457 g/mol. The number of halogens is 1. The zero-order chi connectivity index (χ0) is 18.7. The number of carbonyl (C=O) groups excluding carboxylic acids is 1. The zero-order valence-electron chi connectivity index (χ0n) is 14.5. The highest BCUT2D eigenvalue weighted by atomic mass is 79.9. The number of hydrogen-bond acceptors (Lipinski definition) is 4. The molecule has 3 rings (SSSR count). The summed E-state index contributed by atoms with van der Waals surface area (Å²) in [7, 11) is -1.77. The lowest BCUT2D eigenvalue weighted by Crippen LogP contribution is -2.45. The van der Waals surface area contributed by atoms with Gasteiger partial charge in [-0.2, -0.15) is 4.31 Å². The molecule has 0 spiro atoms. The minimum absolute atomic E-state index is 0.00230. The Kier molecular flexibility index (Phi) is 6.17. The largest absolute Gasteiger partial charge is 0.340 e. The van der Waals surface area contributed by atoms with Gasteiger partial charge in [0.05, 0.1) is 21.1 Å². The quantitative estimate of drug-likeness (QED) is 0.690. The molecule has 2 heterocycles. The van der Waals surface area contributed by atoms with Crippen molar-refractivity contribution < 1.29 is 13.2 Å². The smallest absolute Gasteiger partial charge is 0.243 e. The number of thiophene rings is 1. The van der Waals surface area contributed by atoms with Crippen molar-refractivity contribution in [3.8, 4) is 0 Å². The monoisotopic (exact) mass is 456 g/mol. The van der Waals surface area contributed by atoms with E-state index in [0.717, 1.165) is 15.1 Å². The van der Waals surface area contributed by atoms with E-state index in [1.807, 2.05) is 12.1 Å². The van der Waals surface area contributed by atoms with Gasteiger partial charge in [0.15, 0.2) is 0 Å². The molecule has 0 N–H and O–H groups in total. The lowest BCUT2D eigenvalue weighted by molar-refractivity contribution is -0.135. The number of nitrogens with zero attached hydrogens (tertiary/aromatic N) is 2. The maximum Gasteiger partial charge on any atom is 0.243 e. The van der Waals surface area contributed by atoms with Gasteiger partial charge in [0.25, 0.3) is 0 Å². The fourth-order valence-corrected chi connectivity index (χ4v) is 6.25. The first-order valence-corrected chi connectivity index (χ1v) is 11.5. The molecule has 2 aromatic rings. The molecular formula is C18H21BrN2O3S2. The molecule has 0 saturated carbocycles. The minimum atomic E-state index is -3.55. The van der Waals surface area contributed by atoms with Crippen molar-refractivity contribution in [2.75, 3.05) is 20.1 Å². The second kappa shape index (κ2) is 8.21. The Morgan fingerprint density at radius 1 is 1.27 bits per heavy atom. The number of sulfonamides is 1. The summed E-state index contributed by atoms with van der Waals surface area (Å²) in [6.45, 7) is 1.24.